The van der Waals surface area contributed by atoms with Crippen molar-refractivity contribution in [2.75, 3.05) is 39.3 Å². The summed E-state index contributed by atoms with van der Waals surface area (Å²) in [5, 5.41) is 6.46. The zero-order valence-electron chi connectivity index (χ0n) is 13.4. The summed E-state index contributed by atoms with van der Waals surface area (Å²) in [7, 11) is 0. The molecule has 1 saturated heterocycles. The lowest BCUT2D eigenvalue weighted by Crippen LogP contribution is -2.44. The van der Waals surface area contributed by atoms with Crippen molar-refractivity contribution in [2.24, 2.45) is 11.8 Å². The van der Waals surface area contributed by atoms with Gasteiger partial charge in [-0.05, 0) is 37.6 Å². The smallest absolute Gasteiger partial charge is 0.220 e. The minimum absolute atomic E-state index is 0. The monoisotopic (exact) mass is 317 g/mol. The van der Waals surface area contributed by atoms with Crippen molar-refractivity contribution in [3.05, 3.63) is 0 Å². The molecule has 1 amide bonds. The van der Waals surface area contributed by atoms with E-state index in [2.05, 4.69) is 22.5 Å². The molecule has 0 bridgehead atoms. The summed E-state index contributed by atoms with van der Waals surface area (Å²) in [5.74, 6) is 1.71. The van der Waals surface area contributed by atoms with Crippen molar-refractivity contribution in [3.8, 4) is 0 Å². The summed E-state index contributed by atoms with van der Waals surface area (Å²) in [6, 6.07) is 0. The predicted octanol–water partition coefficient (Wildman–Crippen LogP) is 2.04. The van der Waals surface area contributed by atoms with Crippen LogP contribution in [0.25, 0.3) is 0 Å². The van der Waals surface area contributed by atoms with Gasteiger partial charge in [-0.3, -0.25) is 4.79 Å². The highest BCUT2D eigenvalue weighted by Crippen LogP contribution is 2.30. The highest BCUT2D eigenvalue weighted by molar-refractivity contribution is 5.85. The maximum Gasteiger partial charge on any atom is 0.220 e. The van der Waals surface area contributed by atoms with E-state index in [1.807, 2.05) is 0 Å². The van der Waals surface area contributed by atoms with E-state index in [-0.39, 0.29) is 18.3 Å². The predicted molar refractivity (Wildman–Crippen MR) is 89.9 cm³/mol. The van der Waals surface area contributed by atoms with Crippen LogP contribution >= 0.6 is 12.4 Å². The molecule has 0 aromatic heterocycles. The lowest BCUT2D eigenvalue weighted by molar-refractivity contribution is -0.122. The molecule has 2 aliphatic rings. The second-order valence-corrected chi connectivity index (χ2v) is 6.64. The number of nitrogens with one attached hydrogen (secondary N) is 2. The van der Waals surface area contributed by atoms with Crippen molar-refractivity contribution in [2.45, 2.75) is 45.4 Å². The molecule has 4 nitrogen and oxygen atoms in total. The van der Waals surface area contributed by atoms with Crippen LogP contribution in [-0.2, 0) is 4.79 Å². The van der Waals surface area contributed by atoms with Gasteiger partial charge in [0.15, 0.2) is 0 Å². The van der Waals surface area contributed by atoms with Crippen molar-refractivity contribution >= 4 is 18.3 Å². The van der Waals surface area contributed by atoms with E-state index in [1.54, 1.807) is 0 Å². The van der Waals surface area contributed by atoms with Crippen LogP contribution in [0.3, 0.4) is 0 Å². The summed E-state index contributed by atoms with van der Waals surface area (Å²) < 4.78 is 0. The molecule has 2 unspecified atom stereocenters. The zero-order valence-corrected chi connectivity index (χ0v) is 14.2. The second kappa shape index (κ2) is 10.4. The summed E-state index contributed by atoms with van der Waals surface area (Å²) in [6.45, 7) is 8.77. The van der Waals surface area contributed by atoms with Gasteiger partial charge in [0.2, 0.25) is 5.91 Å². The topological polar surface area (TPSA) is 44.4 Å². The Balaban J connectivity index is 0.00000220. The Hall–Kier alpha value is -0.320. The fraction of sp³-hybridized carbons (Fsp3) is 0.938. The number of hydrogen-bond donors (Lipinski definition) is 2. The molecular weight excluding hydrogens is 286 g/mol. The first-order chi connectivity index (χ1) is 9.74. The van der Waals surface area contributed by atoms with Crippen LogP contribution in [0.4, 0.5) is 0 Å². The average Bonchev–Trinajstić information content (AvgIpc) is 2.45. The van der Waals surface area contributed by atoms with Crippen molar-refractivity contribution in [1.82, 2.24) is 15.5 Å². The molecule has 1 heterocycles. The Bertz CT molecular complexity index is 295. The number of rotatable bonds is 6. The molecule has 0 radical (unpaired) electrons. The summed E-state index contributed by atoms with van der Waals surface area (Å²) in [5.41, 5.74) is 0. The number of carbonyl (C=O) groups excluding carboxylic acids is 1. The fourth-order valence-corrected chi connectivity index (χ4v) is 3.54. The van der Waals surface area contributed by atoms with Gasteiger partial charge in [-0.1, -0.05) is 19.8 Å². The minimum Gasteiger partial charge on any atom is -0.356 e. The SMILES string of the molecule is CC1CCCC(CC(=O)NCCCN2CCNCC2)C1.Cl. The third kappa shape index (κ3) is 7.48. The molecule has 2 N–H and O–H groups in total. The van der Waals surface area contributed by atoms with Crippen LogP contribution in [0.5, 0.6) is 0 Å². The summed E-state index contributed by atoms with van der Waals surface area (Å²) in [4.78, 5) is 14.4. The van der Waals surface area contributed by atoms with Crippen LogP contribution in [0, 0.1) is 11.8 Å². The minimum atomic E-state index is 0. The molecule has 0 aromatic carbocycles. The van der Waals surface area contributed by atoms with E-state index >= 15 is 0 Å². The van der Waals surface area contributed by atoms with Gasteiger partial charge in [-0.2, -0.15) is 0 Å². The Morgan fingerprint density at radius 3 is 2.76 bits per heavy atom. The number of carbonyl (C=O) groups is 1. The molecule has 1 aliphatic heterocycles. The van der Waals surface area contributed by atoms with Crippen molar-refractivity contribution < 1.29 is 4.79 Å². The first-order valence-corrected chi connectivity index (χ1v) is 8.44. The first kappa shape index (κ1) is 18.7. The summed E-state index contributed by atoms with van der Waals surface area (Å²) >= 11 is 0. The quantitative estimate of drug-likeness (QED) is 0.737. The number of amides is 1. The van der Waals surface area contributed by atoms with Crippen LogP contribution < -0.4 is 10.6 Å². The van der Waals surface area contributed by atoms with E-state index < -0.39 is 0 Å². The van der Waals surface area contributed by atoms with Gasteiger partial charge < -0.3 is 15.5 Å². The molecule has 1 saturated carbocycles. The average molecular weight is 318 g/mol. The highest BCUT2D eigenvalue weighted by atomic mass is 35.5. The van der Waals surface area contributed by atoms with Gasteiger partial charge in [0, 0.05) is 39.1 Å². The number of halogens is 1. The number of hydrogen-bond acceptors (Lipinski definition) is 3. The molecule has 0 spiro atoms. The van der Waals surface area contributed by atoms with Crippen LogP contribution in [0.1, 0.15) is 45.4 Å². The van der Waals surface area contributed by atoms with Crippen LogP contribution in [-0.4, -0.2) is 50.1 Å². The lowest BCUT2D eigenvalue weighted by Gasteiger charge is -2.27. The van der Waals surface area contributed by atoms with Crippen molar-refractivity contribution in [3.63, 3.8) is 0 Å². The second-order valence-electron chi connectivity index (χ2n) is 6.64. The van der Waals surface area contributed by atoms with E-state index in [4.69, 9.17) is 0 Å². The highest BCUT2D eigenvalue weighted by Gasteiger charge is 2.21. The van der Waals surface area contributed by atoms with E-state index in [0.29, 0.717) is 5.92 Å². The van der Waals surface area contributed by atoms with E-state index in [9.17, 15) is 4.79 Å². The Labute approximate surface area is 135 Å². The molecule has 2 atom stereocenters. The number of piperazine rings is 1. The molecule has 0 aromatic rings. The molecule has 5 heteroatoms. The standard InChI is InChI=1S/C16H31N3O.ClH/c1-14-4-2-5-15(12-14)13-16(20)18-6-3-9-19-10-7-17-8-11-19;/h14-15,17H,2-13H2,1H3,(H,18,20);1H. The largest absolute Gasteiger partial charge is 0.356 e. The molecule has 2 rings (SSSR count). The van der Waals surface area contributed by atoms with Gasteiger partial charge in [0.25, 0.3) is 0 Å². The molecule has 2 fully saturated rings. The molecule has 124 valence electrons. The molecule has 21 heavy (non-hydrogen) atoms. The Kier molecular flexibility index (Phi) is 9.29. The van der Waals surface area contributed by atoms with Crippen LogP contribution in [0.15, 0.2) is 0 Å². The Morgan fingerprint density at radius 1 is 1.29 bits per heavy atom. The molecule has 1 aliphatic carbocycles. The van der Waals surface area contributed by atoms with E-state index in [0.717, 1.165) is 58.0 Å². The summed E-state index contributed by atoms with van der Waals surface area (Å²) in [6.07, 6.45) is 6.97. The van der Waals surface area contributed by atoms with Gasteiger partial charge in [0.05, 0.1) is 0 Å². The lowest BCUT2D eigenvalue weighted by atomic mass is 9.81. The number of nitrogens with zero attached hydrogens (tertiary/aromatic N) is 1. The maximum atomic E-state index is 11.9. The maximum absolute atomic E-state index is 11.9. The van der Waals surface area contributed by atoms with Gasteiger partial charge in [0.1, 0.15) is 0 Å². The van der Waals surface area contributed by atoms with Crippen LogP contribution in [0.2, 0.25) is 0 Å². The first-order valence-electron chi connectivity index (χ1n) is 8.44. The third-order valence-electron chi connectivity index (χ3n) is 4.70. The normalized spacial score (nSPS) is 26.9. The zero-order chi connectivity index (χ0) is 14.2. The van der Waals surface area contributed by atoms with Gasteiger partial charge >= 0.3 is 0 Å². The van der Waals surface area contributed by atoms with Gasteiger partial charge in [-0.25, -0.2) is 0 Å². The third-order valence-corrected chi connectivity index (χ3v) is 4.70. The Morgan fingerprint density at radius 2 is 2.05 bits per heavy atom. The molecular formula is C16H32ClN3O. The van der Waals surface area contributed by atoms with Crippen molar-refractivity contribution in [1.29, 1.82) is 0 Å². The van der Waals surface area contributed by atoms with Gasteiger partial charge in [-0.15, -0.1) is 12.4 Å². The fourth-order valence-electron chi connectivity index (χ4n) is 3.54. The van der Waals surface area contributed by atoms with E-state index in [1.165, 1.54) is 25.7 Å².